The fraction of sp³-hybridized carbons (Fsp3) is 0.706. The lowest BCUT2D eigenvalue weighted by atomic mass is 10.0. The first-order valence-electron chi connectivity index (χ1n) is 8.30. The predicted octanol–water partition coefficient (Wildman–Crippen LogP) is 0.686. The van der Waals surface area contributed by atoms with Gasteiger partial charge in [-0.25, -0.2) is 0 Å². The Morgan fingerprint density at radius 1 is 0.593 bits per heavy atom. The normalized spacial score (nSPS) is 14.7. The van der Waals surface area contributed by atoms with E-state index in [4.69, 9.17) is 23.7 Å². The molecule has 0 spiro atoms. The van der Waals surface area contributed by atoms with Crippen LogP contribution in [-0.2, 0) is 47.7 Å². The number of ether oxygens (including phenoxy) is 5. The largest absolute Gasteiger partial charge is 0.462 e. The summed E-state index contributed by atoms with van der Waals surface area (Å²) in [7, 11) is 0. The van der Waals surface area contributed by atoms with Gasteiger partial charge in [-0.3, -0.25) is 24.0 Å². The summed E-state index contributed by atoms with van der Waals surface area (Å²) in [6.45, 7) is 6.82. The lowest BCUT2D eigenvalue weighted by Crippen LogP contribution is -2.52. The van der Waals surface area contributed by atoms with Gasteiger partial charge >= 0.3 is 29.8 Å². The summed E-state index contributed by atoms with van der Waals surface area (Å²) in [4.78, 5) is 57.1. The zero-order valence-electron chi connectivity index (χ0n) is 16.3. The van der Waals surface area contributed by atoms with Crippen LogP contribution in [0.15, 0.2) is 0 Å². The van der Waals surface area contributed by atoms with Crippen molar-refractivity contribution in [2.24, 2.45) is 0 Å². The van der Waals surface area contributed by atoms with E-state index in [9.17, 15) is 24.0 Å². The molecule has 10 nitrogen and oxygen atoms in total. The summed E-state index contributed by atoms with van der Waals surface area (Å²) >= 11 is 0. The van der Waals surface area contributed by atoms with Gasteiger partial charge in [0.25, 0.3) is 0 Å². The maximum absolute atomic E-state index is 11.6. The summed E-state index contributed by atoms with van der Waals surface area (Å²) in [5.74, 6) is -3.56. The number of rotatable bonds is 10. The van der Waals surface area contributed by atoms with Crippen LogP contribution in [0, 0.1) is 0 Å². The third kappa shape index (κ3) is 10.2. The SMILES string of the molecule is CC[C@@H](OC(C)=O)[C@@H](OC(C)=O)[C@H](OC(C)=O)[C@H](COC(C)=O)OC(C)=O. The van der Waals surface area contributed by atoms with E-state index >= 15 is 0 Å². The molecule has 154 valence electrons. The highest BCUT2D eigenvalue weighted by Crippen LogP contribution is 2.21. The lowest BCUT2D eigenvalue weighted by molar-refractivity contribution is -0.202. The zero-order chi connectivity index (χ0) is 21.1. The monoisotopic (exact) mass is 390 g/mol. The van der Waals surface area contributed by atoms with Crippen LogP contribution in [0.4, 0.5) is 0 Å². The molecule has 0 amide bonds. The van der Waals surface area contributed by atoms with Crippen LogP contribution in [0.1, 0.15) is 48.0 Å². The zero-order valence-corrected chi connectivity index (χ0v) is 16.3. The van der Waals surface area contributed by atoms with Gasteiger partial charge in [-0.1, -0.05) is 6.92 Å². The molecule has 0 rings (SSSR count). The molecule has 0 heterocycles. The molecule has 4 atom stereocenters. The molecule has 0 saturated heterocycles. The Morgan fingerprint density at radius 3 is 1.30 bits per heavy atom. The topological polar surface area (TPSA) is 132 Å². The average Bonchev–Trinajstić information content (AvgIpc) is 2.51. The molecule has 0 saturated carbocycles. The van der Waals surface area contributed by atoms with Gasteiger partial charge in [-0.2, -0.15) is 0 Å². The van der Waals surface area contributed by atoms with Crippen LogP contribution < -0.4 is 0 Å². The Kier molecular flexibility index (Phi) is 10.7. The van der Waals surface area contributed by atoms with Gasteiger partial charge in [0, 0.05) is 34.6 Å². The van der Waals surface area contributed by atoms with Gasteiger partial charge in [0.1, 0.15) is 12.7 Å². The van der Waals surface area contributed by atoms with Gasteiger partial charge < -0.3 is 23.7 Å². The second-order valence-corrected chi connectivity index (χ2v) is 5.65. The predicted molar refractivity (Wildman–Crippen MR) is 89.1 cm³/mol. The molecule has 0 fully saturated rings. The maximum atomic E-state index is 11.6. The van der Waals surface area contributed by atoms with Crippen LogP contribution in [0.2, 0.25) is 0 Å². The van der Waals surface area contributed by atoms with Crippen molar-refractivity contribution >= 4 is 29.8 Å². The summed E-state index contributed by atoms with van der Waals surface area (Å²) in [5.41, 5.74) is 0. The van der Waals surface area contributed by atoms with E-state index in [1.54, 1.807) is 6.92 Å². The second kappa shape index (κ2) is 11.9. The number of hydrogen-bond acceptors (Lipinski definition) is 10. The highest BCUT2D eigenvalue weighted by molar-refractivity contribution is 5.69. The number of hydrogen-bond donors (Lipinski definition) is 0. The Labute approximate surface area is 157 Å². The molecule has 0 bridgehead atoms. The Balaban J connectivity index is 5.96. The molecule has 0 aliphatic heterocycles. The fourth-order valence-electron chi connectivity index (χ4n) is 2.30. The summed E-state index contributed by atoms with van der Waals surface area (Å²) < 4.78 is 25.5. The Hall–Kier alpha value is -2.65. The first kappa shape index (κ1) is 24.4. The number of carbonyl (C=O) groups excluding carboxylic acids is 5. The highest BCUT2D eigenvalue weighted by Gasteiger charge is 2.43. The van der Waals surface area contributed by atoms with Crippen molar-refractivity contribution in [3.05, 3.63) is 0 Å². The number of esters is 5. The van der Waals surface area contributed by atoms with Crippen molar-refractivity contribution < 1.29 is 47.7 Å². The van der Waals surface area contributed by atoms with Crippen molar-refractivity contribution in [2.45, 2.75) is 72.4 Å². The summed E-state index contributed by atoms with van der Waals surface area (Å²) in [6, 6.07) is 0. The first-order valence-corrected chi connectivity index (χ1v) is 8.30. The van der Waals surface area contributed by atoms with Crippen LogP contribution in [0.5, 0.6) is 0 Å². The maximum Gasteiger partial charge on any atom is 0.303 e. The van der Waals surface area contributed by atoms with E-state index < -0.39 is 60.9 Å². The molecular weight excluding hydrogens is 364 g/mol. The van der Waals surface area contributed by atoms with Crippen LogP contribution in [0.3, 0.4) is 0 Å². The molecule has 0 unspecified atom stereocenters. The molecule has 0 aromatic carbocycles. The molecule has 0 N–H and O–H groups in total. The molecule has 0 aromatic heterocycles. The molecular formula is C17H26O10. The van der Waals surface area contributed by atoms with Crippen LogP contribution >= 0.6 is 0 Å². The minimum atomic E-state index is -1.38. The fourth-order valence-corrected chi connectivity index (χ4v) is 2.30. The van der Waals surface area contributed by atoms with Crippen molar-refractivity contribution in [3.8, 4) is 0 Å². The molecule has 27 heavy (non-hydrogen) atoms. The standard InChI is InChI=1S/C17H26O10/c1-7-14(24-10(3)19)16(26-12(5)21)17(27-13(6)22)15(25-11(4)20)8-23-9(2)18/h14-17H,7-8H2,1-6H3/t14-,15+,16-,17-/m1/s1. The van der Waals surface area contributed by atoms with Crippen molar-refractivity contribution in [1.29, 1.82) is 0 Å². The smallest absolute Gasteiger partial charge is 0.303 e. The molecule has 0 aromatic rings. The summed E-state index contributed by atoms with van der Waals surface area (Å²) in [6.07, 6.45) is -4.75. The van der Waals surface area contributed by atoms with Gasteiger partial charge in [0.2, 0.25) is 0 Å². The van der Waals surface area contributed by atoms with Crippen molar-refractivity contribution in [1.82, 2.24) is 0 Å². The molecule has 0 aliphatic rings. The van der Waals surface area contributed by atoms with E-state index in [1.165, 1.54) is 0 Å². The van der Waals surface area contributed by atoms with Crippen LogP contribution in [-0.4, -0.2) is 60.9 Å². The van der Waals surface area contributed by atoms with Gasteiger partial charge in [-0.05, 0) is 6.42 Å². The Morgan fingerprint density at radius 2 is 0.963 bits per heavy atom. The highest BCUT2D eigenvalue weighted by atomic mass is 16.6. The number of carbonyl (C=O) groups is 5. The second-order valence-electron chi connectivity index (χ2n) is 5.65. The Bertz CT molecular complexity index is 556. The van der Waals surface area contributed by atoms with Crippen LogP contribution in [0.25, 0.3) is 0 Å². The third-order valence-electron chi connectivity index (χ3n) is 3.15. The van der Waals surface area contributed by atoms with Gasteiger partial charge in [0.05, 0.1) is 0 Å². The van der Waals surface area contributed by atoms with Gasteiger partial charge in [0.15, 0.2) is 18.3 Å². The lowest BCUT2D eigenvalue weighted by Gasteiger charge is -2.35. The average molecular weight is 390 g/mol. The van der Waals surface area contributed by atoms with E-state index in [0.29, 0.717) is 0 Å². The summed E-state index contributed by atoms with van der Waals surface area (Å²) in [5, 5.41) is 0. The van der Waals surface area contributed by atoms with E-state index in [-0.39, 0.29) is 6.42 Å². The minimum absolute atomic E-state index is 0.204. The third-order valence-corrected chi connectivity index (χ3v) is 3.15. The van der Waals surface area contributed by atoms with E-state index in [1.807, 2.05) is 0 Å². The quantitative estimate of drug-likeness (QED) is 0.387. The molecule has 0 aliphatic carbocycles. The van der Waals surface area contributed by atoms with Gasteiger partial charge in [-0.15, -0.1) is 0 Å². The van der Waals surface area contributed by atoms with E-state index in [0.717, 1.165) is 34.6 Å². The van der Waals surface area contributed by atoms with Crippen molar-refractivity contribution in [3.63, 3.8) is 0 Å². The first-order chi connectivity index (χ1) is 12.5. The van der Waals surface area contributed by atoms with Crippen molar-refractivity contribution in [2.75, 3.05) is 6.61 Å². The molecule has 0 radical (unpaired) electrons. The van der Waals surface area contributed by atoms with E-state index in [2.05, 4.69) is 0 Å². The minimum Gasteiger partial charge on any atom is -0.462 e. The molecule has 10 heteroatoms.